The highest BCUT2D eigenvalue weighted by Crippen LogP contribution is 2.24. The van der Waals surface area contributed by atoms with Gasteiger partial charge in [-0.3, -0.25) is 4.79 Å². The highest BCUT2D eigenvalue weighted by atomic mass is 79.9. The van der Waals surface area contributed by atoms with Crippen molar-refractivity contribution in [1.82, 2.24) is 5.32 Å². The van der Waals surface area contributed by atoms with E-state index >= 15 is 0 Å². The van der Waals surface area contributed by atoms with E-state index in [-0.39, 0.29) is 18.6 Å². The van der Waals surface area contributed by atoms with Gasteiger partial charge in [0.15, 0.2) is 6.61 Å². The monoisotopic (exact) mass is 409 g/mol. The van der Waals surface area contributed by atoms with Crippen LogP contribution in [-0.4, -0.2) is 12.5 Å². The fourth-order valence-electron chi connectivity index (χ4n) is 2.78. The van der Waals surface area contributed by atoms with Gasteiger partial charge in [0.25, 0.3) is 5.91 Å². The van der Waals surface area contributed by atoms with Crippen molar-refractivity contribution >= 4 is 21.8 Å². The molecule has 0 aliphatic rings. The molecule has 0 saturated carbocycles. The Bertz CT molecular complexity index is 863. The minimum absolute atomic E-state index is 0.0309. The summed E-state index contributed by atoms with van der Waals surface area (Å²) in [5.41, 5.74) is 3.25. The summed E-state index contributed by atoms with van der Waals surface area (Å²) in [6, 6.07) is 25.3. The van der Waals surface area contributed by atoms with Crippen LogP contribution in [0.25, 0.3) is 0 Å². The van der Waals surface area contributed by atoms with Crippen molar-refractivity contribution in [2.24, 2.45) is 0 Å². The van der Waals surface area contributed by atoms with E-state index in [4.69, 9.17) is 4.74 Å². The average Bonchev–Trinajstić information content (AvgIpc) is 2.67. The summed E-state index contributed by atoms with van der Waals surface area (Å²) < 4.78 is 6.56. The van der Waals surface area contributed by atoms with Crippen LogP contribution >= 0.6 is 15.9 Å². The number of rotatable bonds is 6. The molecule has 3 nitrogen and oxygen atoms in total. The molecular formula is C22H20BrNO2. The number of benzene rings is 3. The van der Waals surface area contributed by atoms with Crippen molar-refractivity contribution in [3.8, 4) is 5.75 Å². The van der Waals surface area contributed by atoms with Gasteiger partial charge in [0.05, 0.1) is 6.04 Å². The number of aryl methyl sites for hydroxylation is 1. The van der Waals surface area contributed by atoms with Gasteiger partial charge in [-0.05, 0) is 47.9 Å². The maximum atomic E-state index is 12.5. The topological polar surface area (TPSA) is 38.3 Å². The van der Waals surface area contributed by atoms with Gasteiger partial charge in [0, 0.05) is 4.47 Å². The van der Waals surface area contributed by atoms with Crippen molar-refractivity contribution in [3.63, 3.8) is 0 Å². The van der Waals surface area contributed by atoms with E-state index in [0.717, 1.165) is 21.2 Å². The first-order chi connectivity index (χ1) is 12.6. The van der Waals surface area contributed by atoms with Gasteiger partial charge < -0.3 is 10.1 Å². The van der Waals surface area contributed by atoms with E-state index in [1.54, 1.807) is 0 Å². The maximum Gasteiger partial charge on any atom is 0.258 e. The number of nitrogens with one attached hydrogen (secondary N) is 1. The number of carbonyl (C=O) groups is 1. The van der Waals surface area contributed by atoms with Crippen molar-refractivity contribution in [1.29, 1.82) is 0 Å². The lowest BCUT2D eigenvalue weighted by Crippen LogP contribution is -2.33. The van der Waals surface area contributed by atoms with Crippen LogP contribution in [0.15, 0.2) is 83.3 Å². The zero-order valence-corrected chi connectivity index (χ0v) is 16.1. The highest BCUT2D eigenvalue weighted by Gasteiger charge is 2.18. The molecule has 0 heterocycles. The van der Waals surface area contributed by atoms with Gasteiger partial charge in [-0.25, -0.2) is 0 Å². The van der Waals surface area contributed by atoms with E-state index in [1.165, 1.54) is 0 Å². The molecule has 0 aliphatic heterocycles. The lowest BCUT2D eigenvalue weighted by atomic mass is 9.95. The first kappa shape index (κ1) is 18.2. The van der Waals surface area contributed by atoms with E-state index in [2.05, 4.69) is 34.2 Å². The normalized spacial score (nSPS) is 11.6. The van der Waals surface area contributed by atoms with Gasteiger partial charge >= 0.3 is 0 Å². The second-order valence-corrected chi connectivity index (χ2v) is 6.93. The van der Waals surface area contributed by atoms with E-state index in [1.807, 2.05) is 72.8 Å². The van der Waals surface area contributed by atoms with Crippen molar-refractivity contribution < 1.29 is 9.53 Å². The second kappa shape index (κ2) is 8.68. The molecule has 3 aromatic rings. The Morgan fingerprint density at radius 2 is 1.62 bits per heavy atom. The van der Waals surface area contributed by atoms with Gasteiger partial charge in [0.1, 0.15) is 5.75 Å². The lowest BCUT2D eigenvalue weighted by Gasteiger charge is -2.21. The summed E-state index contributed by atoms with van der Waals surface area (Å²) in [5, 5.41) is 3.10. The molecule has 1 atom stereocenters. The zero-order valence-electron chi connectivity index (χ0n) is 14.5. The third-order valence-corrected chi connectivity index (χ3v) is 4.65. The number of hydrogen-bond donors (Lipinski definition) is 1. The first-order valence-electron chi connectivity index (χ1n) is 8.41. The SMILES string of the molecule is Cc1ccccc1C(NC(=O)COc1ccc(Br)cc1)c1ccccc1. The summed E-state index contributed by atoms with van der Waals surface area (Å²) in [6.07, 6.45) is 0. The van der Waals surface area contributed by atoms with Crippen LogP contribution in [0.5, 0.6) is 5.75 Å². The number of carbonyl (C=O) groups excluding carboxylic acids is 1. The number of hydrogen-bond acceptors (Lipinski definition) is 2. The molecule has 0 aliphatic carbocycles. The predicted molar refractivity (Wildman–Crippen MR) is 107 cm³/mol. The Balaban J connectivity index is 1.74. The lowest BCUT2D eigenvalue weighted by molar-refractivity contribution is -0.123. The molecule has 1 N–H and O–H groups in total. The molecule has 1 unspecified atom stereocenters. The van der Waals surface area contributed by atoms with Gasteiger partial charge in [0.2, 0.25) is 0 Å². The minimum Gasteiger partial charge on any atom is -0.484 e. The van der Waals surface area contributed by atoms with E-state index < -0.39 is 0 Å². The average molecular weight is 410 g/mol. The fourth-order valence-corrected chi connectivity index (χ4v) is 3.04. The molecule has 3 aromatic carbocycles. The summed E-state index contributed by atoms with van der Waals surface area (Å²) in [4.78, 5) is 12.5. The van der Waals surface area contributed by atoms with Crippen LogP contribution in [0, 0.1) is 6.92 Å². The zero-order chi connectivity index (χ0) is 18.4. The van der Waals surface area contributed by atoms with Crippen LogP contribution in [0.4, 0.5) is 0 Å². The van der Waals surface area contributed by atoms with Crippen LogP contribution in [0.3, 0.4) is 0 Å². The molecule has 0 saturated heterocycles. The standard InChI is InChI=1S/C22H20BrNO2/c1-16-7-5-6-10-20(16)22(17-8-3-2-4-9-17)24-21(25)15-26-19-13-11-18(23)12-14-19/h2-14,22H,15H2,1H3,(H,24,25). The predicted octanol–water partition coefficient (Wildman–Crippen LogP) is 5.04. The van der Waals surface area contributed by atoms with Crippen LogP contribution in [0.1, 0.15) is 22.7 Å². The molecule has 26 heavy (non-hydrogen) atoms. The molecular weight excluding hydrogens is 390 g/mol. The Morgan fingerprint density at radius 1 is 0.962 bits per heavy atom. The molecule has 0 spiro atoms. The van der Waals surface area contributed by atoms with E-state index in [9.17, 15) is 4.79 Å². The summed E-state index contributed by atoms with van der Waals surface area (Å²) in [5.74, 6) is 0.500. The maximum absolute atomic E-state index is 12.5. The largest absolute Gasteiger partial charge is 0.484 e. The van der Waals surface area contributed by atoms with Gasteiger partial charge in [-0.15, -0.1) is 0 Å². The molecule has 0 aromatic heterocycles. The Kier molecular flexibility index (Phi) is 6.08. The third kappa shape index (κ3) is 4.73. The second-order valence-electron chi connectivity index (χ2n) is 6.01. The summed E-state index contributed by atoms with van der Waals surface area (Å²) in [6.45, 7) is 2.02. The Hall–Kier alpha value is -2.59. The molecule has 132 valence electrons. The summed E-state index contributed by atoms with van der Waals surface area (Å²) >= 11 is 3.38. The van der Waals surface area contributed by atoms with Gasteiger partial charge in [-0.1, -0.05) is 70.5 Å². The smallest absolute Gasteiger partial charge is 0.258 e. The first-order valence-corrected chi connectivity index (χ1v) is 9.21. The molecule has 0 radical (unpaired) electrons. The fraction of sp³-hybridized carbons (Fsp3) is 0.136. The highest BCUT2D eigenvalue weighted by molar-refractivity contribution is 9.10. The summed E-state index contributed by atoms with van der Waals surface area (Å²) in [7, 11) is 0. The number of halogens is 1. The minimum atomic E-state index is -0.210. The van der Waals surface area contributed by atoms with E-state index in [0.29, 0.717) is 5.75 Å². The van der Waals surface area contributed by atoms with Crippen LogP contribution < -0.4 is 10.1 Å². The van der Waals surface area contributed by atoms with Crippen molar-refractivity contribution in [2.45, 2.75) is 13.0 Å². The third-order valence-electron chi connectivity index (χ3n) is 4.12. The van der Waals surface area contributed by atoms with Crippen molar-refractivity contribution in [3.05, 3.63) is 100 Å². The van der Waals surface area contributed by atoms with Crippen LogP contribution in [0.2, 0.25) is 0 Å². The Labute approximate surface area is 162 Å². The quantitative estimate of drug-likeness (QED) is 0.618. The van der Waals surface area contributed by atoms with Crippen molar-refractivity contribution in [2.75, 3.05) is 6.61 Å². The van der Waals surface area contributed by atoms with Crippen LogP contribution in [-0.2, 0) is 4.79 Å². The molecule has 4 heteroatoms. The molecule has 0 bridgehead atoms. The number of amides is 1. The molecule has 1 amide bonds. The molecule has 0 fully saturated rings. The van der Waals surface area contributed by atoms with Gasteiger partial charge in [-0.2, -0.15) is 0 Å². The molecule has 3 rings (SSSR count). The number of ether oxygens (including phenoxy) is 1. The Morgan fingerprint density at radius 3 is 2.31 bits per heavy atom.